The highest BCUT2D eigenvalue weighted by atomic mass is 32.2. The molecule has 0 radical (unpaired) electrons. The molecule has 1 aliphatic rings. The molecule has 7 nitrogen and oxygen atoms in total. The minimum absolute atomic E-state index is 0.156. The molecule has 2 rings (SSSR count). The van der Waals surface area contributed by atoms with Gasteiger partial charge in [0.05, 0.1) is 0 Å². The van der Waals surface area contributed by atoms with Crippen molar-refractivity contribution in [2.75, 3.05) is 34.2 Å². The summed E-state index contributed by atoms with van der Waals surface area (Å²) in [4.78, 5) is 2.07. The molecule has 0 aliphatic carbocycles. The first-order valence-electron chi connectivity index (χ1n) is 6.73. The first-order valence-corrected chi connectivity index (χ1v) is 8.17. The van der Waals surface area contributed by atoms with Crippen LogP contribution in [0.15, 0.2) is 5.03 Å². The van der Waals surface area contributed by atoms with Crippen LogP contribution in [0, 0.1) is 6.92 Å². The van der Waals surface area contributed by atoms with Crippen LogP contribution in [0.25, 0.3) is 0 Å². The lowest BCUT2D eigenvalue weighted by molar-refractivity contribution is 0.302. The van der Waals surface area contributed by atoms with Gasteiger partial charge in [-0.05, 0) is 34.5 Å². The summed E-state index contributed by atoms with van der Waals surface area (Å²) in [5.74, 6) is 0. The van der Waals surface area contributed by atoms with Crippen molar-refractivity contribution in [3.8, 4) is 0 Å². The lowest BCUT2D eigenvalue weighted by atomic mass is 10.2. The fourth-order valence-corrected chi connectivity index (χ4v) is 4.16. The SMILES string of the molecule is CNCc1c(S(=O)(=O)N2CCC(N(C)C)C2)n[nH]c1C. The number of aryl methyl sites for hydroxylation is 1. The van der Waals surface area contributed by atoms with Crippen LogP contribution >= 0.6 is 0 Å². The van der Waals surface area contributed by atoms with Crippen molar-refractivity contribution >= 4 is 10.0 Å². The zero-order valence-electron chi connectivity index (χ0n) is 12.5. The van der Waals surface area contributed by atoms with Gasteiger partial charge in [0.1, 0.15) is 0 Å². The maximum Gasteiger partial charge on any atom is 0.262 e. The molecule has 0 spiro atoms. The minimum atomic E-state index is -3.51. The predicted molar refractivity (Wildman–Crippen MR) is 76.9 cm³/mol. The maximum atomic E-state index is 12.7. The van der Waals surface area contributed by atoms with Crippen LogP contribution < -0.4 is 5.32 Å². The average molecular weight is 301 g/mol. The quantitative estimate of drug-likeness (QED) is 0.785. The molecule has 2 heterocycles. The molecule has 20 heavy (non-hydrogen) atoms. The second kappa shape index (κ2) is 5.80. The van der Waals surface area contributed by atoms with Gasteiger partial charge in [0, 0.05) is 36.9 Å². The van der Waals surface area contributed by atoms with Crippen molar-refractivity contribution in [2.24, 2.45) is 0 Å². The fourth-order valence-electron chi connectivity index (χ4n) is 2.50. The Morgan fingerprint density at radius 3 is 2.75 bits per heavy atom. The normalized spacial score (nSPS) is 20.9. The molecule has 1 aromatic rings. The van der Waals surface area contributed by atoms with Crippen molar-refractivity contribution in [2.45, 2.75) is 31.0 Å². The summed E-state index contributed by atoms with van der Waals surface area (Å²) in [5.41, 5.74) is 1.52. The first kappa shape index (κ1) is 15.4. The third-order valence-corrected chi connectivity index (χ3v) is 5.67. The van der Waals surface area contributed by atoms with Crippen LogP contribution in [0.1, 0.15) is 17.7 Å². The first-order chi connectivity index (χ1) is 9.37. The Hall–Kier alpha value is -0.960. The van der Waals surface area contributed by atoms with E-state index in [-0.39, 0.29) is 11.1 Å². The Bertz CT molecular complexity index is 566. The zero-order chi connectivity index (χ0) is 14.9. The van der Waals surface area contributed by atoms with E-state index in [0.29, 0.717) is 19.6 Å². The number of nitrogens with one attached hydrogen (secondary N) is 2. The second-order valence-corrected chi connectivity index (χ2v) is 7.29. The smallest absolute Gasteiger partial charge is 0.262 e. The molecular weight excluding hydrogens is 278 g/mol. The molecule has 0 aromatic carbocycles. The van der Waals surface area contributed by atoms with Gasteiger partial charge >= 0.3 is 0 Å². The van der Waals surface area contributed by atoms with Crippen molar-refractivity contribution in [3.63, 3.8) is 0 Å². The van der Waals surface area contributed by atoms with Gasteiger partial charge in [-0.2, -0.15) is 9.40 Å². The standard InChI is InChI=1S/C12H23N5O2S/c1-9-11(7-13-2)12(15-14-9)20(18,19)17-6-5-10(8-17)16(3)4/h10,13H,5-8H2,1-4H3,(H,14,15). The van der Waals surface area contributed by atoms with Gasteiger partial charge in [-0.15, -0.1) is 0 Å². The van der Waals surface area contributed by atoms with Gasteiger partial charge in [-0.25, -0.2) is 8.42 Å². The van der Waals surface area contributed by atoms with Crippen molar-refractivity contribution in [1.29, 1.82) is 0 Å². The lowest BCUT2D eigenvalue weighted by Gasteiger charge is -2.20. The molecule has 1 atom stereocenters. The highest BCUT2D eigenvalue weighted by Gasteiger charge is 2.36. The summed E-state index contributed by atoms with van der Waals surface area (Å²) in [6.45, 7) is 3.41. The number of hydrogen-bond acceptors (Lipinski definition) is 5. The lowest BCUT2D eigenvalue weighted by Crippen LogP contribution is -2.35. The third-order valence-electron chi connectivity index (χ3n) is 3.83. The summed E-state index contributed by atoms with van der Waals surface area (Å²) in [5, 5.41) is 9.94. The topological polar surface area (TPSA) is 81.3 Å². The molecule has 1 fully saturated rings. The third kappa shape index (κ3) is 2.73. The highest BCUT2D eigenvalue weighted by Crippen LogP contribution is 2.25. The number of H-pyrrole nitrogens is 1. The van der Waals surface area contributed by atoms with Gasteiger partial charge in [0.25, 0.3) is 10.0 Å². The Labute approximate surface area is 120 Å². The van der Waals surface area contributed by atoms with E-state index in [0.717, 1.165) is 17.7 Å². The van der Waals surface area contributed by atoms with Gasteiger partial charge in [0.15, 0.2) is 5.03 Å². The summed E-state index contributed by atoms with van der Waals surface area (Å²) >= 11 is 0. The molecule has 1 aliphatic heterocycles. The van der Waals surface area contributed by atoms with E-state index in [1.54, 1.807) is 7.05 Å². The predicted octanol–water partition coefficient (Wildman–Crippen LogP) is -0.238. The van der Waals surface area contributed by atoms with Crippen molar-refractivity contribution < 1.29 is 8.42 Å². The molecule has 0 saturated carbocycles. The summed E-state index contributed by atoms with van der Waals surface area (Å²) < 4.78 is 27.0. The number of sulfonamides is 1. The highest BCUT2D eigenvalue weighted by molar-refractivity contribution is 7.89. The number of hydrogen-bond donors (Lipinski definition) is 2. The molecule has 2 N–H and O–H groups in total. The van der Waals surface area contributed by atoms with Crippen LogP contribution in [0.3, 0.4) is 0 Å². The Balaban J connectivity index is 2.28. The van der Waals surface area contributed by atoms with Crippen LogP contribution in [-0.2, 0) is 16.6 Å². The molecule has 1 aromatic heterocycles. The number of rotatable bonds is 5. The zero-order valence-corrected chi connectivity index (χ0v) is 13.3. The fraction of sp³-hybridized carbons (Fsp3) is 0.750. The van der Waals surface area contributed by atoms with Gasteiger partial charge in [-0.1, -0.05) is 0 Å². The summed E-state index contributed by atoms with van der Waals surface area (Å²) in [6.07, 6.45) is 0.858. The molecule has 114 valence electrons. The molecular formula is C12H23N5O2S. The number of nitrogens with zero attached hydrogens (tertiary/aromatic N) is 3. The van der Waals surface area contributed by atoms with E-state index in [4.69, 9.17) is 0 Å². The van der Waals surface area contributed by atoms with E-state index in [2.05, 4.69) is 20.4 Å². The Morgan fingerprint density at radius 1 is 1.50 bits per heavy atom. The van der Waals surface area contributed by atoms with Crippen LogP contribution in [-0.4, -0.2) is 68.1 Å². The maximum absolute atomic E-state index is 12.7. The Morgan fingerprint density at radius 2 is 2.20 bits per heavy atom. The Kier molecular flexibility index (Phi) is 4.48. The van der Waals surface area contributed by atoms with Gasteiger partial charge in [0.2, 0.25) is 0 Å². The van der Waals surface area contributed by atoms with E-state index < -0.39 is 10.0 Å². The van der Waals surface area contributed by atoms with E-state index in [1.807, 2.05) is 21.0 Å². The number of aromatic amines is 1. The molecule has 0 amide bonds. The molecule has 8 heteroatoms. The molecule has 0 bridgehead atoms. The van der Waals surface area contributed by atoms with Gasteiger partial charge in [-0.3, -0.25) is 5.10 Å². The van der Waals surface area contributed by atoms with Crippen LogP contribution in [0.5, 0.6) is 0 Å². The number of likely N-dealkylation sites (N-methyl/N-ethyl adjacent to an activating group) is 1. The monoisotopic (exact) mass is 301 g/mol. The van der Waals surface area contributed by atoms with Crippen molar-refractivity contribution in [1.82, 2.24) is 24.7 Å². The van der Waals surface area contributed by atoms with Crippen LogP contribution in [0.2, 0.25) is 0 Å². The average Bonchev–Trinajstić information content (AvgIpc) is 2.98. The largest absolute Gasteiger partial charge is 0.316 e. The van der Waals surface area contributed by atoms with Gasteiger partial charge < -0.3 is 10.2 Å². The molecule has 1 saturated heterocycles. The minimum Gasteiger partial charge on any atom is -0.316 e. The van der Waals surface area contributed by atoms with E-state index >= 15 is 0 Å². The second-order valence-electron chi connectivity index (χ2n) is 5.43. The number of aromatic nitrogens is 2. The summed E-state index contributed by atoms with van der Waals surface area (Å²) in [7, 11) is 2.24. The summed E-state index contributed by atoms with van der Waals surface area (Å²) in [6, 6.07) is 0.276. The van der Waals surface area contributed by atoms with Crippen molar-refractivity contribution in [3.05, 3.63) is 11.3 Å². The van der Waals surface area contributed by atoms with Crippen LogP contribution in [0.4, 0.5) is 0 Å². The molecule has 1 unspecified atom stereocenters. The van der Waals surface area contributed by atoms with E-state index in [1.165, 1.54) is 4.31 Å². The van der Waals surface area contributed by atoms with E-state index in [9.17, 15) is 8.42 Å².